The molecule has 0 spiro atoms. The molecular formula is C13H16BrFN2S. The van der Waals surface area contributed by atoms with E-state index in [1.807, 2.05) is 20.8 Å². The lowest BCUT2D eigenvalue weighted by atomic mass is 9.93. The van der Waals surface area contributed by atoms with Crippen LogP contribution in [0.25, 0.3) is 0 Å². The van der Waals surface area contributed by atoms with Crippen LogP contribution in [0, 0.1) is 5.82 Å². The zero-order chi connectivity index (χ0) is 13.6. The summed E-state index contributed by atoms with van der Waals surface area (Å²) in [6.45, 7) is 5.99. The third-order valence-electron chi connectivity index (χ3n) is 3.21. The molecule has 1 unspecified atom stereocenters. The Morgan fingerprint density at radius 1 is 1.39 bits per heavy atom. The molecule has 0 radical (unpaired) electrons. The van der Waals surface area contributed by atoms with E-state index in [2.05, 4.69) is 20.9 Å². The summed E-state index contributed by atoms with van der Waals surface area (Å²) in [4.78, 5) is 4.55. The van der Waals surface area contributed by atoms with Crippen molar-refractivity contribution in [2.45, 2.75) is 31.1 Å². The number of hydrogen-bond donors (Lipinski definition) is 1. The highest BCUT2D eigenvalue weighted by Crippen LogP contribution is 2.41. The first-order valence-electron chi connectivity index (χ1n) is 5.70. The SMILES string of the molecule is CC1(C)SCC(C)(c2cc(Br)ccc2F)N=C1N. The molecule has 0 aliphatic carbocycles. The molecule has 1 atom stereocenters. The molecule has 98 valence electrons. The first-order valence-corrected chi connectivity index (χ1v) is 7.48. The number of hydrogen-bond acceptors (Lipinski definition) is 3. The highest BCUT2D eigenvalue weighted by atomic mass is 79.9. The highest BCUT2D eigenvalue weighted by Gasteiger charge is 2.39. The fraction of sp³-hybridized carbons (Fsp3) is 0.462. The number of nitrogens with zero attached hydrogens (tertiary/aromatic N) is 1. The van der Waals surface area contributed by atoms with Gasteiger partial charge in [-0.1, -0.05) is 15.9 Å². The van der Waals surface area contributed by atoms with Gasteiger partial charge in [-0.2, -0.15) is 0 Å². The number of aliphatic imine (C=N–C) groups is 1. The summed E-state index contributed by atoms with van der Waals surface area (Å²) in [6, 6.07) is 4.93. The summed E-state index contributed by atoms with van der Waals surface area (Å²) in [5.74, 6) is 1.05. The topological polar surface area (TPSA) is 38.4 Å². The number of halogens is 2. The lowest BCUT2D eigenvalue weighted by molar-refractivity contribution is 0.502. The fourth-order valence-corrected chi connectivity index (χ4v) is 3.29. The monoisotopic (exact) mass is 330 g/mol. The molecule has 0 bridgehead atoms. The number of nitrogens with two attached hydrogens (primary N) is 1. The second kappa shape index (κ2) is 4.53. The van der Waals surface area contributed by atoms with E-state index in [-0.39, 0.29) is 10.6 Å². The zero-order valence-electron chi connectivity index (χ0n) is 10.6. The van der Waals surface area contributed by atoms with Crippen LogP contribution in [0.3, 0.4) is 0 Å². The van der Waals surface area contributed by atoms with Crippen molar-refractivity contribution in [1.82, 2.24) is 0 Å². The van der Waals surface area contributed by atoms with Crippen molar-refractivity contribution in [2.24, 2.45) is 10.7 Å². The maximum Gasteiger partial charge on any atom is 0.128 e. The quantitative estimate of drug-likeness (QED) is 0.852. The molecule has 0 fully saturated rings. The Kier molecular flexibility index (Phi) is 3.49. The smallest absolute Gasteiger partial charge is 0.128 e. The maximum absolute atomic E-state index is 14.0. The predicted octanol–water partition coefficient (Wildman–Crippen LogP) is 3.69. The normalized spacial score (nSPS) is 26.8. The second-order valence-corrected chi connectivity index (χ2v) is 7.71. The van der Waals surface area contributed by atoms with Gasteiger partial charge in [-0.3, -0.25) is 4.99 Å². The third-order valence-corrected chi connectivity index (χ3v) is 5.34. The molecule has 5 heteroatoms. The van der Waals surface area contributed by atoms with E-state index in [9.17, 15) is 4.39 Å². The zero-order valence-corrected chi connectivity index (χ0v) is 13.0. The number of amidine groups is 1. The molecular weight excluding hydrogens is 315 g/mol. The van der Waals surface area contributed by atoms with Crippen LogP contribution in [0.4, 0.5) is 4.39 Å². The van der Waals surface area contributed by atoms with Gasteiger partial charge in [0.05, 0.1) is 10.3 Å². The fourth-order valence-electron chi connectivity index (χ4n) is 1.88. The Bertz CT molecular complexity index is 516. The molecule has 0 saturated heterocycles. The molecule has 2 nitrogen and oxygen atoms in total. The molecule has 0 amide bonds. The summed E-state index contributed by atoms with van der Waals surface area (Å²) < 4.78 is 14.7. The highest BCUT2D eigenvalue weighted by molar-refractivity contribution is 9.10. The standard InChI is InChI=1S/C13H16BrFN2S/c1-12(2)11(16)17-13(3,7-18-12)9-6-8(14)4-5-10(9)15/h4-6H,7H2,1-3H3,(H2,16,17). The lowest BCUT2D eigenvalue weighted by Crippen LogP contribution is -2.44. The van der Waals surface area contributed by atoms with Crippen molar-refractivity contribution in [1.29, 1.82) is 0 Å². The van der Waals surface area contributed by atoms with Gasteiger partial charge in [0.15, 0.2) is 0 Å². The van der Waals surface area contributed by atoms with E-state index in [4.69, 9.17) is 5.73 Å². The van der Waals surface area contributed by atoms with Crippen LogP contribution >= 0.6 is 27.7 Å². The van der Waals surface area contributed by atoms with E-state index < -0.39 is 5.54 Å². The van der Waals surface area contributed by atoms with Crippen molar-refractivity contribution in [2.75, 3.05) is 5.75 Å². The maximum atomic E-state index is 14.0. The van der Waals surface area contributed by atoms with E-state index >= 15 is 0 Å². The Morgan fingerprint density at radius 3 is 2.67 bits per heavy atom. The summed E-state index contributed by atoms with van der Waals surface area (Å²) in [5.41, 5.74) is 6.00. The van der Waals surface area contributed by atoms with Gasteiger partial charge < -0.3 is 5.73 Å². The Labute approximate surface area is 119 Å². The molecule has 2 N–H and O–H groups in total. The Morgan fingerprint density at radius 2 is 2.06 bits per heavy atom. The van der Waals surface area contributed by atoms with Gasteiger partial charge in [-0.15, -0.1) is 11.8 Å². The lowest BCUT2D eigenvalue weighted by Gasteiger charge is -2.37. The van der Waals surface area contributed by atoms with Crippen LogP contribution < -0.4 is 5.73 Å². The summed E-state index contributed by atoms with van der Waals surface area (Å²) in [5, 5.41) is 0. The van der Waals surface area contributed by atoms with Gasteiger partial charge >= 0.3 is 0 Å². The van der Waals surface area contributed by atoms with Gasteiger partial charge in [0.2, 0.25) is 0 Å². The van der Waals surface area contributed by atoms with Crippen LogP contribution in [0.5, 0.6) is 0 Å². The first-order chi connectivity index (χ1) is 8.24. The molecule has 18 heavy (non-hydrogen) atoms. The van der Waals surface area contributed by atoms with Gasteiger partial charge in [0.25, 0.3) is 0 Å². The molecule has 2 rings (SSSR count). The number of benzene rings is 1. The first kappa shape index (κ1) is 13.9. The van der Waals surface area contributed by atoms with Gasteiger partial charge in [0.1, 0.15) is 11.7 Å². The average Bonchev–Trinajstić information content (AvgIpc) is 2.28. The minimum atomic E-state index is -0.599. The summed E-state index contributed by atoms with van der Waals surface area (Å²) in [6.07, 6.45) is 0. The molecule has 0 saturated carbocycles. The van der Waals surface area contributed by atoms with Gasteiger partial charge in [0, 0.05) is 15.8 Å². The second-order valence-electron chi connectivity index (χ2n) is 5.19. The van der Waals surface area contributed by atoms with Crippen LogP contribution in [0.2, 0.25) is 0 Å². The Hall–Kier alpha value is -0.550. The van der Waals surface area contributed by atoms with Crippen LogP contribution in [-0.4, -0.2) is 16.3 Å². The predicted molar refractivity (Wildman–Crippen MR) is 79.6 cm³/mol. The van der Waals surface area contributed by atoms with Crippen LogP contribution in [0.15, 0.2) is 27.7 Å². The Balaban J connectivity index is 2.50. The van der Waals surface area contributed by atoms with Gasteiger partial charge in [-0.05, 0) is 39.0 Å². The summed E-state index contributed by atoms with van der Waals surface area (Å²) in [7, 11) is 0. The molecule has 1 aliphatic heterocycles. The third kappa shape index (κ3) is 2.43. The molecule has 1 aliphatic rings. The van der Waals surface area contributed by atoms with Crippen molar-refractivity contribution < 1.29 is 4.39 Å². The van der Waals surface area contributed by atoms with E-state index in [0.29, 0.717) is 17.2 Å². The van der Waals surface area contributed by atoms with E-state index in [1.165, 1.54) is 6.07 Å². The molecule has 1 aromatic carbocycles. The average molecular weight is 331 g/mol. The van der Waals surface area contributed by atoms with Crippen molar-refractivity contribution >= 4 is 33.5 Å². The molecule has 1 heterocycles. The number of rotatable bonds is 1. The van der Waals surface area contributed by atoms with Crippen LogP contribution in [0.1, 0.15) is 26.3 Å². The summed E-state index contributed by atoms with van der Waals surface area (Å²) >= 11 is 5.08. The van der Waals surface area contributed by atoms with Crippen molar-refractivity contribution in [3.05, 3.63) is 34.1 Å². The minimum absolute atomic E-state index is 0.179. The molecule has 1 aromatic rings. The number of thioether (sulfide) groups is 1. The van der Waals surface area contributed by atoms with E-state index in [1.54, 1.807) is 23.9 Å². The van der Waals surface area contributed by atoms with E-state index in [0.717, 1.165) is 4.47 Å². The van der Waals surface area contributed by atoms with Crippen molar-refractivity contribution in [3.8, 4) is 0 Å². The van der Waals surface area contributed by atoms with Crippen LogP contribution in [-0.2, 0) is 5.54 Å². The molecule has 0 aromatic heterocycles. The minimum Gasteiger partial charge on any atom is -0.386 e. The van der Waals surface area contributed by atoms with Crippen molar-refractivity contribution in [3.63, 3.8) is 0 Å². The largest absolute Gasteiger partial charge is 0.386 e. The van der Waals surface area contributed by atoms with Gasteiger partial charge in [-0.25, -0.2) is 4.39 Å².